The molecule has 0 atom stereocenters. The molecular formula is C18H19N3O2S. The third-order valence-electron chi connectivity index (χ3n) is 3.82. The number of urea groups is 1. The highest BCUT2D eigenvalue weighted by molar-refractivity contribution is 7.09. The first kappa shape index (κ1) is 16.3. The number of amides is 2. The molecule has 2 amide bonds. The molecule has 0 radical (unpaired) electrons. The van der Waals surface area contributed by atoms with Gasteiger partial charge in [-0.25, -0.2) is 9.78 Å². The van der Waals surface area contributed by atoms with E-state index in [4.69, 9.17) is 4.74 Å². The lowest BCUT2D eigenvalue weighted by Crippen LogP contribution is -2.34. The van der Waals surface area contributed by atoms with Crippen LogP contribution in [0.2, 0.25) is 0 Å². The average Bonchev–Trinajstić information content (AvgIpc) is 3.02. The Bertz CT molecular complexity index is 860. The first-order chi connectivity index (χ1) is 11.7. The predicted octanol–water partition coefficient (Wildman–Crippen LogP) is 3.61. The van der Waals surface area contributed by atoms with Crippen LogP contribution in [0.4, 0.5) is 4.79 Å². The lowest BCUT2D eigenvalue weighted by atomic mass is 10.1. The highest BCUT2D eigenvalue weighted by Gasteiger charge is 2.05. The molecule has 3 aromatic rings. The summed E-state index contributed by atoms with van der Waals surface area (Å²) in [6, 6.07) is 11.9. The molecule has 2 N–H and O–H groups in total. The van der Waals surface area contributed by atoms with E-state index in [0.29, 0.717) is 13.1 Å². The Morgan fingerprint density at radius 1 is 1.12 bits per heavy atom. The van der Waals surface area contributed by atoms with Crippen molar-refractivity contribution in [2.45, 2.75) is 20.0 Å². The molecule has 124 valence electrons. The summed E-state index contributed by atoms with van der Waals surface area (Å²) in [5.74, 6) is 0.839. The topological polar surface area (TPSA) is 63.2 Å². The minimum Gasteiger partial charge on any atom is -0.497 e. The number of aryl methyl sites for hydroxylation is 1. The standard InChI is InChI=1S/C18H19N3O2S/c1-12-17(24-11-21-12)10-20-18(22)19-9-13-3-4-15-8-16(23-2)6-5-14(15)7-13/h3-8,11H,9-10H2,1-2H3,(H2,19,20,22). The molecule has 1 heterocycles. The highest BCUT2D eigenvalue weighted by atomic mass is 32.1. The molecule has 24 heavy (non-hydrogen) atoms. The van der Waals surface area contributed by atoms with Gasteiger partial charge in [0.2, 0.25) is 0 Å². The number of rotatable bonds is 5. The molecule has 3 rings (SSSR count). The van der Waals surface area contributed by atoms with E-state index in [2.05, 4.69) is 21.7 Å². The quantitative estimate of drug-likeness (QED) is 0.745. The van der Waals surface area contributed by atoms with Gasteiger partial charge in [-0.15, -0.1) is 11.3 Å². The monoisotopic (exact) mass is 341 g/mol. The maximum atomic E-state index is 11.9. The summed E-state index contributed by atoms with van der Waals surface area (Å²) in [5.41, 5.74) is 3.80. The van der Waals surface area contributed by atoms with Gasteiger partial charge in [-0.05, 0) is 41.5 Å². The van der Waals surface area contributed by atoms with Gasteiger partial charge in [0.25, 0.3) is 0 Å². The van der Waals surface area contributed by atoms with Gasteiger partial charge in [0.05, 0.1) is 24.9 Å². The summed E-state index contributed by atoms with van der Waals surface area (Å²) in [6.07, 6.45) is 0. The number of methoxy groups -OCH3 is 1. The maximum absolute atomic E-state index is 11.9. The molecule has 0 saturated carbocycles. The van der Waals surface area contributed by atoms with Crippen LogP contribution in [0.15, 0.2) is 41.9 Å². The van der Waals surface area contributed by atoms with E-state index >= 15 is 0 Å². The third kappa shape index (κ3) is 3.83. The lowest BCUT2D eigenvalue weighted by Gasteiger charge is -2.09. The normalized spacial score (nSPS) is 10.6. The largest absolute Gasteiger partial charge is 0.497 e. The van der Waals surface area contributed by atoms with Crippen LogP contribution >= 0.6 is 11.3 Å². The molecule has 0 bridgehead atoms. The summed E-state index contributed by atoms with van der Waals surface area (Å²) in [6.45, 7) is 2.92. The second-order valence-corrected chi connectivity index (χ2v) is 6.38. The Morgan fingerprint density at radius 2 is 1.88 bits per heavy atom. The molecule has 0 aliphatic rings. The SMILES string of the molecule is COc1ccc2cc(CNC(=O)NCc3scnc3C)ccc2c1. The van der Waals surface area contributed by atoms with Crippen molar-refractivity contribution in [2.24, 2.45) is 0 Å². The molecule has 0 unspecified atom stereocenters. The van der Waals surface area contributed by atoms with Crippen molar-refractivity contribution in [3.05, 3.63) is 58.0 Å². The van der Waals surface area contributed by atoms with Gasteiger partial charge in [0.1, 0.15) is 5.75 Å². The number of fused-ring (bicyclic) bond motifs is 1. The van der Waals surface area contributed by atoms with Gasteiger partial charge in [-0.2, -0.15) is 0 Å². The fraction of sp³-hybridized carbons (Fsp3) is 0.222. The zero-order valence-corrected chi connectivity index (χ0v) is 14.4. The number of carbonyl (C=O) groups excluding carboxylic acids is 1. The van der Waals surface area contributed by atoms with Gasteiger partial charge in [0.15, 0.2) is 0 Å². The fourth-order valence-electron chi connectivity index (χ4n) is 2.41. The minimum absolute atomic E-state index is 0.183. The number of thiazole rings is 1. The van der Waals surface area contributed by atoms with Crippen LogP contribution in [-0.4, -0.2) is 18.1 Å². The van der Waals surface area contributed by atoms with E-state index in [1.807, 2.05) is 37.3 Å². The first-order valence-electron chi connectivity index (χ1n) is 7.63. The number of nitrogens with zero attached hydrogens (tertiary/aromatic N) is 1. The highest BCUT2D eigenvalue weighted by Crippen LogP contribution is 2.21. The summed E-state index contributed by atoms with van der Waals surface area (Å²) >= 11 is 1.55. The summed E-state index contributed by atoms with van der Waals surface area (Å²) in [4.78, 5) is 17.2. The summed E-state index contributed by atoms with van der Waals surface area (Å²) < 4.78 is 5.23. The molecule has 1 aromatic heterocycles. The average molecular weight is 341 g/mol. The van der Waals surface area contributed by atoms with Crippen LogP contribution in [-0.2, 0) is 13.1 Å². The van der Waals surface area contributed by atoms with Gasteiger partial charge >= 0.3 is 6.03 Å². The first-order valence-corrected chi connectivity index (χ1v) is 8.51. The van der Waals surface area contributed by atoms with Crippen molar-refractivity contribution in [3.8, 4) is 5.75 Å². The number of carbonyl (C=O) groups is 1. The van der Waals surface area contributed by atoms with Crippen LogP contribution in [0.1, 0.15) is 16.1 Å². The van der Waals surface area contributed by atoms with Crippen molar-refractivity contribution < 1.29 is 9.53 Å². The molecular weight excluding hydrogens is 322 g/mol. The van der Waals surface area contributed by atoms with E-state index in [0.717, 1.165) is 32.7 Å². The Balaban J connectivity index is 1.57. The van der Waals surface area contributed by atoms with Crippen molar-refractivity contribution >= 4 is 28.1 Å². The number of ether oxygens (including phenoxy) is 1. The molecule has 0 spiro atoms. The number of hydrogen-bond donors (Lipinski definition) is 2. The van der Waals surface area contributed by atoms with Crippen molar-refractivity contribution in [2.75, 3.05) is 7.11 Å². The van der Waals surface area contributed by atoms with Crippen LogP contribution < -0.4 is 15.4 Å². The summed E-state index contributed by atoms with van der Waals surface area (Å²) in [5, 5.41) is 7.97. The predicted molar refractivity (Wildman–Crippen MR) is 96.4 cm³/mol. The fourth-order valence-corrected chi connectivity index (χ4v) is 3.13. The molecule has 2 aromatic carbocycles. The molecule has 0 saturated heterocycles. The number of nitrogens with one attached hydrogen (secondary N) is 2. The van der Waals surface area contributed by atoms with E-state index < -0.39 is 0 Å². The van der Waals surface area contributed by atoms with Gasteiger partial charge in [0, 0.05) is 11.4 Å². The second-order valence-electron chi connectivity index (χ2n) is 5.44. The van der Waals surface area contributed by atoms with E-state index in [9.17, 15) is 4.79 Å². The van der Waals surface area contributed by atoms with Crippen LogP contribution in [0, 0.1) is 6.92 Å². The second kappa shape index (κ2) is 7.31. The number of benzene rings is 2. The molecule has 0 aliphatic carbocycles. The Hall–Kier alpha value is -2.60. The Kier molecular flexibility index (Phi) is 4.96. The van der Waals surface area contributed by atoms with E-state index in [-0.39, 0.29) is 6.03 Å². The van der Waals surface area contributed by atoms with Gasteiger partial charge in [-0.1, -0.05) is 18.2 Å². The van der Waals surface area contributed by atoms with E-state index in [1.165, 1.54) is 0 Å². The molecule has 0 aliphatic heterocycles. The van der Waals surface area contributed by atoms with E-state index in [1.54, 1.807) is 24.0 Å². The number of hydrogen-bond acceptors (Lipinski definition) is 4. The van der Waals surface area contributed by atoms with Crippen LogP contribution in [0.5, 0.6) is 5.75 Å². The van der Waals surface area contributed by atoms with Crippen LogP contribution in [0.25, 0.3) is 10.8 Å². The summed E-state index contributed by atoms with van der Waals surface area (Å²) in [7, 11) is 1.66. The maximum Gasteiger partial charge on any atom is 0.315 e. The zero-order valence-electron chi connectivity index (χ0n) is 13.6. The Morgan fingerprint density at radius 3 is 2.62 bits per heavy atom. The van der Waals surface area contributed by atoms with Crippen molar-refractivity contribution in [1.29, 1.82) is 0 Å². The Labute approximate surface area is 144 Å². The number of aromatic nitrogens is 1. The zero-order chi connectivity index (χ0) is 16.9. The van der Waals surface area contributed by atoms with Crippen LogP contribution in [0.3, 0.4) is 0 Å². The van der Waals surface area contributed by atoms with Gasteiger partial charge in [-0.3, -0.25) is 0 Å². The molecule has 6 heteroatoms. The van der Waals surface area contributed by atoms with Crippen molar-refractivity contribution in [1.82, 2.24) is 15.6 Å². The van der Waals surface area contributed by atoms with Crippen molar-refractivity contribution in [3.63, 3.8) is 0 Å². The lowest BCUT2D eigenvalue weighted by molar-refractivity contribution is 0.240. The third-order valence-corrected chi connectivity index (χ3v) is 4.75. The molecule has 0 fully saturated rings. The minimum atomic E-state index is -0.183. The smallest absolute Gasteiger partial charge is 0.315 e. The van der Waals surface area contributed by atoms with Gasteiger partial charge < -0.3 is 15.4 Å². The molecule has 5 nitrogen and oxygen atoms in total.